The van der Waals surface area contributed by atoms with Crippen molar-refractivity contribution in [2.24, 2.45) is 5.92 Å². The molecule has 0 aliphatic carbocycles. The molecular weight excluding hydrogens is 518 g/mol. The Kier molecular flexibility index (Phi) is 7.59. The summed E-state index contributed by atoms with van der Waals surface area (Å²) < 4.78 is 8.07. The van der Waals surface area contributed by atoms with E-state index in [-0.39, 0.29) is 17.4 Å². The van der Waals surface area contributed by atoms with Gasteiger partial charge in [-0.15, -0.1) is 0 Å². The van der Waals surface area contributed by atoms with Gasteiger partial charge < -0.3 is 9.64 Å². The molecule has 7 heteroatoms. The van der Waals surface area contributed by atoms with E-state index in [2.05, 4.69) is 29.8 Å². The molecule has 0 bridgehead atoms. The minimum atomic E-state index is -0.499. The number of benzene rings is 3. The molecule has 1 aromatic heterocycles. The number of ether oxygens (including phenoxy) is 1. The zero-order valence-electron chi connectivity index (χ0n) is 21.2. The van der Waals surface area contributed by atoms with Crippen LogP contribution in [0.3, 0.4) is 0 Å². The van der Waals surface area contributed by atoms with Crippen molar-refractivity contribution >= 4 is 32.7 Å². The Morgan fingerprint density at radius 2 is 1.81 bits per heavy atom. The molecule has 4 rings (SSSR count). The standard InChI is InChI=1S/C29H30BrN3O3/c1-18(2)17-32(28(34)21-9-8-10-22(30)16-21)20(4)27-31-24-12-7-6-11-23(24)29(35)33(27)25-15-19(3)13-14-26(25)36-5/h6-16,18,20H,17H2,1-5H3. The minimum absolute atomic E-state index is 0.123. The summed E-state index contributed by atoms with van der Waals surface area (Å²) >= 11 is 3.47. The second-order valence-electron chi connectivity index (χ2n) is 9.34. The minimum Gasteiger partial charge on any atom is -0.495 e. The van der Waals surface area contributed by atoms with E-state index >= 15 is 0 Å². The maximum absolute atomic E-state index is 13.9. The van der Waals surface area contributed by atoms with Crippen molar-refractivity contribution in [1.29, 1.82) is 0 Å². The summed E-state index contributed by atoms with van der Waals surface area (Å²) in [7, 11) is 1.58. The summed E-state index contributed by atoms with van der Waals surface area (Å²) in [6.07, 6.45) is 0. The molecule has 1 amide bonds. The van der Waals surface area contributed by atoms with Crippen molar-refractivity contribution in [3.05, 3.63) is 98.5 Å². The summed E-state index contributed by atoms with van der Waals surface area (Å²) in [5.41, 5.74) is 2.53. The molecule has 6 nitrogen and oxygen atoms in total. The summed E-state index contributed by atoms with van der Waals surface area (Å²) in [5.74, 6) is 1.12. The molecule has 0 saturated carbocycles. The second kappa shape index (κ2) is 10.7. The topological polar surface area (TPSA) is 64.4 Å². The third-order valence-corrected chi connectivity index (χ3v) is 6.61. The number of halogens is 1. The number of carbonyl (C=O) groups is 1. The molecule has 3 aromatic carbocycles. The van der Waals surface area contributed by atoms with E-state index in [1.165, 1.54) is 0 Å². The maximum atomic E-state index is 13.9. The van der Waals surface area contributed by atoms with E-state index in [0.717, 1.165) is 10.0 Å². The molecule has 186 valence electrons. The Balaban J connectivity index is 1.98. The first-order valence-electron chi connectivity index (χ1n) is 11.9. The molecule has 1 unspecified atom stereocenters. The lowest BCUT2D eigenvalue weighted by Crippen LogP contribution is -2.39. The number of fused-ring (bicyclic) bond motifs is 1. The van der Waals surface area contributed by atoms with Gasteiger partial charge >= 0.3 is 0 Å². The van der Waals surface area contributed by atoms with Gasteiger partial charge in [-0.25, -0.2) is 4.98 Å². The highest BCUT2D eigenvalue weighted by atomic mass is 79.9. The number of carbonyl (C=O) groups excluding carboxylic acids is 1. The number of rotatable bonds is 7. The van der Waals surface area contributed by atoms with E-state index in [4.69, 9.17) is 9.72 Å². The van der Waals surface area contributed by atoms with E-state index < -0.39 is 6.04 Å². The highest BCUT2D eigenvalue weighted by molar-refractivity contribution is 9.10. The summed E-state index contributed by atoms with van der Waals surface area (Å²) in [6.45, 7) is 8.53. The third kappa shape index (κ3) is 5.07. The molecule has 0 radical (unpaired) electrons. The monoisotopic (exact) mass is 547 g/mol. The molecular formula is C29H30BrN3O3. The van der Waals surface area contributed by atoms with Crippen molar-refractivity contribution < 1.29 is 9.53 Å². The number of hydrogen-bond acceptors (Lipinski definition) is 4. The van der Waals surface area contributed by atoms with Crippen LogP contribution in [0.25, 0.3) is 16.6 Å². The van der Waals surface area contributed by atoms with Gasteiger partial charge in [-0.1, -0.05) is 54.0 Å². The molecule has 0 N–H and O–H groups in total. The number of aromatic nitrogens is 2. The van der Waals surface area contributed by atoms with Gasteiger partial charge in [0.1, 0.15) is 11.6 Å². The third-order valence-electron chi connectivity index (χ3n) is 6.11. The molecule has 4 aromatic rings. The first-order valence-corrected chi connectivity index (χ1v) is 12.7. The maximum Gasteiger partial charge on any atom is 0.266 e. The Labute approximate surface area is 219 Å². The lowest BCUT2D eigenvalue weighted by atomic mass is 10.1. The highest BCUT2D eigenvalue weighted by Gasteiger charge is 2.29. The van der Waals surface area contributed by atoms with Crippen LogP contribution < -0.4 is 10.3 Å². The van der Waals surface area contributed by atoms with Crippen molar-refractivity contribution in [2.75, 3.05) is 13.7 Å². The largest absolute Gasteiger partial charge is 0.495 e. The first-order chi connectivity index (χ1) is 17.2. The zero-order chi connectivity index (χ0) is 26.0. The number of hydrogen-bond donors (Lipinski definition) is 0. The highest BCUT2D eigenvalue weighted by Crippen LogP contribution is 2.30. The van der Waals surface area contributed by atoms with E-state index in [1.54, 1.807) is 28.7 Å². The SMILES string of the molecule is COc1ccc(C)cc1-n1c(C(C)N(CC(C)C)C(=O)c2cccc(Br)c2)nc2ccccc2c1=O. The van der Waals surface area contributed by atoms with Crippen molar-refractivity contribution in [2.45, 2.75) is 33.7 Å². The average Bonchev–Trinajstić information content (AvgIpc) is 2.86. The van der Waals surface area contributed by atoms with E-state index in [9.17, 15) is 9.59 Å². The summed E-state index contributed by atoms with van der Waals surface area (Å²) in [6, 6.07) is 19.8. The van der Waals surface area contributed by atoms with Gasteiger partial charge in [-0.2, -0.15) is 0 Å². The predicted octanol–water partition coefficient (Wildman–Crippen LogP) is 6.32. The van der Waals surface area contributed by atoms with Crippen LogP contribution in [0, 0.1) is 12.8 Å². The Hall–Kier alpha value is -3.45. The summed E-state index contributed by atoms with van der Waals surface area (Å²) in [4.78, 5) is 34.4. The van der Waals surface area contributed by atoms with Crippen LogP contribution in [-0.4, -0.2) is 34.0 Å². The molecule has 0 aliphatic rings. The normalized spacial score (nSPS) is 12.1. The van der Waals surface area contributed by atoms with Crippen molar-refractivity contribution in [3.8, 4) is 11.4 Å². The van der Waals surface area contributed by atoms with Crippen molar-refractivity contribution in [1.82, 2.24) is 14.5 Å². The van der Waals surface area contributed by atoms with E-state index in [0.29, 0.717) is 40.3 Å². The van der Waals surface area contributed by atoms with Crippen LogP contribution in [0.4, 0.5) is 0 Å². The smallest absolute Gasteiger partial charge is 0.266 e. The zero-order valence-corrected chi connectivity index (χ0v) is 22.7. The first kappa shape index (κ1) is 25.6. The fraction of sp³-hybridized carbons (Fsp3) is 0.276. The number of nitrogens with zero attached hydrogens (tertiary/aromatic N) is 3. The molecule has 0 aliphatic heterocycles. The predicted molar refractivity (Wildman–Crippen MR) is 147 cm³/mol. The van der Waals surface area contributed by atoms with Gasteiger partial charge in [0.05, 0.1) is 29.7 Å². The van der Waals surface area contributed by atoms with Gasteiger partial charge in [0.25, 0.3) is 11.5 Å². The fourth-order valence-corrected chi connectivity index (χ4v) is 4.77. The number of amides is 1. The molecule has 0 fully saturated rings. The lowest BCUT2D eigenvalue weighted by molar-refractivity contribution is 0.0655. The summed E-state index contributed by atoms with van der Waals surface area (Å²) in [5, 5.41) is 0.505. The van der Waals surface area contributed by atoms with Gasteiger partial charge in [-0.3, -0.25) is 14.2 Å². The number of para-hydroxylation sites is 1. The van der Waals surface area contributed by atoms with Gasteiger partial charge in [0.2, 0.25) is 0 Å². The molecule has 1 atom stereocenters. The molecule has 1 heterocycles. The van der Waals surface area contributed by atoms with Crippen LogP contribution in [0.2, 0.25) is 0 Å². The average molecular weight is 548 g/mol. The van der Waals surface area contributed by atoms with Crippen LogP contribution >= 0.6 is 15.9 Å². The van der Waals surface area contributed by atoms with Crippen LogP contribution in [0.1, 0.15) is 48.6 Å². The van der Waals surface area contributed by atoms with Gasteiger partial charge in [0.15, 0.2) is 0 Å². The Morgan fingerprint density at radius 1 is 1.06 bits per heavy atom. The van der Waals surface area contributed by atoms with Gasteiger partial charge in [-0.05, 0) is 67.8 Å². The Morgan fingerprint density at radius 3 is 2.50 bits per heavy atom. The number of aryl methyl sites for hydroxylation is 1. The lowest BCUT2D eigenvalue weighted by Gasteiger charge is -2.32. The Bertz CT molecular complexity index is 1480. The number of methoxy groups -OCH3 is 1. The quantitative estimate of drug-likeness (QED) is 0.271. The molecule has 0 spiro atoms. The second-order valence-corrected chi connectivity index (χ2v) is 10.3. The molecule has 36 heavy (non-hydrogen) atoms. The van der Waals surface area contributed by atoms with Crippen molar-refractivity contribution in [3.63, 3.8) is 0 Å². The van der Waals surface area contributed by atoms with Crippen LogP contribution in [0.5, 0.6) is 5.75 Å². The van der Waals surface area contributed by atoms with Gasteiger partial charge in [0, 0.05) is 16.6 Å². The molecule has 0 saturated heterocycles. The van der Waals surface area contributed by atoms with E-state index in [1.807, 2.05) is 68.4 Å². The fourth-order valence-electron chi connectivity index (χ4n) is 4.37. The van der Waals surface area contributed by atoms with Crippen LogP contribution in [0.15, 0.2) is 76.0 Å². The van der Waals surface area contributed by atoms with Crippen LogP contribution in [-0.2, 0) is 0 Å².